The minimum atomic E-state index is -0.461. The number of rotatable bonds is 5. The molecule has 1 rings (SSSR count). The van der Waals surface area contributed by atoms with Crippen molar-refractivity contribution in [3.05, 3.63) is 34.4 Å². The smallest absolute Gasteiger partial charge is 0.311 e. The second-order valence-corrected chi connectivity index (χ2v) is 2.84. The van der Waals surface area contributed by atoms with E-state index in [1.807, 2.05) is 6.92 Å². The topological polar surface area (TPSA) is 52.4 Å². The Hall–Kier alpha value is -1.58. The van der Waals surface area contributed by atoms with E-state index in [0.29, 0.717) is 6.61 Å². The summed E-state index contributed by atoms with van der Waals surface area (Å²) in [7, 11) is 0. The summed E-state index contributed by atoms with van der Waals surface area (Å²) in [4.78, 5) is 10.1. The molecule has 0 aliphatic rings. The summed E-state index contributed by atoms with van der Waals surface area (Å²) in [6, 6.07) is 7.31. The van der Waals surface area contributed by atoms with Crippen molar-refractivity contribution in [3.63, 3.8) is 0 Å². The van der Waals surface area contributed by atoms with Gasteiger partial charge in [-0.15, -0.1) is 0 Å². The van der Waals surface area contributed by atoms with Crippen LogP contribution in [0.5, 0.6) is 5.75 Å². The summed E-state index contributed by atoms with van der Waals surface area (Å²) in [5, 5.41) is 10.6. The van der Waals surface area contributed by atoms with Gasteiger partial charge in [-0.05, 0) is 12.5 Å². The monoisotopic (exact) mass is 194 g/mol. The number of nitrogens with zero attached hydrogens (tertiary/aromatic N) is 1. The number of hydrogen-bond acceptors (Lipinski definition) is 3. The fraction of sp³-hybridized carbons (Fsp3) is 0.400. The van der Waals surface area contributed by atoms with Crippen LogP contribution in [0.15, 0.2) is 18.2 Å². The maximum atomic E-state index is 10.6. The average Bonchev–Trinajstić information content (AvgIpc) is 2.19. The molecule has 0 N–H and O–H groups in total. The van der Waals surface area contributed by atoms with Crippen molar-refractivity contribution < 1.29 is 9.66 Å². The molecule has 0 fully saturated rings. The molecule has 0 spiro atoms. The molecular weight excluding hydrogens is 182 g/mol. The number of para-hydroxylation sites is 1. The number of ether oxygens (including phenoxy) is 1. The Labute approximate surface area is 82.7 Å². The van der Waals surface area contributed by atoms with Crippen LogP contribution < -0.4 is 4.74 Å². The summed E-state index contributed by atoms with van der Waals surface area (Å²) >= 11 is 0. The lowest BCUT2D eigenvalue weighted by atomic mass is 10.3. The summed E-state index contributed by atoms with van der Waals surface area (Å²) in [6.07, 6.45) is 1.89. The molecule has 0 aliphatic heterocycles. The number of benzene rings is 1. The van der Waals surface area contributed by atoms with Crippen LogP contribution in [0.3, 0.4) is 0 Å². The zero-order valence-corrected chi connectivity index (χ0v) is 8.03. The van der Waals surface area contributed by atoms with Gasteiger partial charge in [0.05, 0.1) is 11.5 Å². The van der Waals surface area contributed by atoms with Crippen LogP contribution in [-0.2, 0) is 0 Å². The van der Waals surface area contributed by atoms with Gasteiger partial charge in [0.25, 0.3) is 0 Å². The Kier molecular flexibility index (Phi) is 3.91. The van der Waals surface area contributed by atoms with Gasteiger partial charge < -0.3 is 4.74 Å². The van der Waals surface area contributed by atoms with Crippen LogP contribution >= 0.6 is 0 Å². The van der Waals surface area contributed by atoms with E-state index in [0.717, 1.165) is 12.8 Å². The lowest BCUT2D eigenvalue weighted by molar-refractivity contribution is -0.385. The highest BCUT2D eigenvalue weighted by atomic mass is 16.6. The predicted octanol–water partition coefficient (Wildman–Crippen LogP) is 2.57. The van der Waals surface area contributed by atoms with Crippen LogP contribution in [0, 0.1) is 16.2 Å². The maximum absolute atomic E-state index is 10.6. The summed E-state index contributed by atoms with van der Waals surface area (Å²) in [5.74, 6) is 0.228. The van der Waals surface area contributed by atoms with Crippen molar-refractivity contribution >= 4 is 5.69 Å². The summed E-state index contributed by atoms with van der Waals surface area (Å²) in [6.45, 7) is 2.53. The third-order valence-electron chi connectivity index (χ3n) is 1.74. The first-order chi connectivity index (χ1) is 6.75. The summed E-state index contributed by atoms with van der Waals surface area (Å²) < 4.78 is 5.24. The van der Waals surface area contributed by atoms with Gasteiger partial charge in [0.2, 0.25) is 5.75 Å². The molecule has 1 aromatic carbocycles. The first kappa shape index (κ1) is 10.5. The van der Waals surface area contributed by atoms with Gasteiger partial charge in [0, 0.05) is 12.1 Å². The van der Waals surface area contributed by atoms with E-state index >= 15 is 0 Å². The quantitative estimate of drug-likeness (QED) is 0.411. The number of nitro benzene ring substituents is 1. The van der Waals surface area contributed by atoms with Crippen LogP contribution in [0.2, 0.25) is 0 Å². The molecule has 0 heterocycles. The SMILES string of the molecule is CCCCOc1[c]cccc1[N+](=O)[O-]. The third kappa shape index (κ3) is 2.73. The first-order valence-corrected chi connectivity index (χ1v) is 4.53. The molecule has 0 amide bonds. The van der Waals surface area contributed by atoms with Gasteiger partial charge in [-0.1, -0.05) is 19.4 Å². The largest absolute Gasteiger partial charge is 0.486 e. The van der Waals surface area contributed by atoms with E-state index in [2.05, 4.69) is 6.07 Å². The van der Waals surface area contributed by atoms with Crippen molar-refractivity contribution in [1.29, 1.82) is 0 Å². The molecule has 0 saturated carbocycles. The standard InChI is InChI=1S/C10H12NO3/c1-2-3-8-14-10-7-5-4-6-9(10)11(12)13/h4-6H,2-3,8H2,1H3. The van der Waals surface area contributed by atoms with Gasteiger partial charge >= 0.3 is 5.69 Å². The van der Waals surface area contributed by atoms with Gasteiger partial charge in [0.1, 0.15) is 0 Å². The van der Waals surface area contributed by atoms with Crippen molar-refractivity contribution in [1.82, 2.24) is 0 Å². The molecule has 0 aliphatic carbocycles. The fourth-order valence-corrected chi connectivity index (χ4v) is 0.991. The molecular formula is C10H12NO3. The van der Waals surface area contributed by atoms with Crippen LogP contribution in [0.4, 0.5) is 5.69 Å². The van der Waals surface area contributed by atoms with E-state index in [1.54, 1.807) is 12.1 Å². The molecule has 1 aromatic rings. The molecule has 0 saturated heterocycles. The number of hydrogen-bond donors (Lipinski definition) is 0. The number of unbranched alkanes of at least 4 members (excludes halogenated alkanes) is 1. The minimum absolute atomic E-state index is 0.0244. The molecule has 4 nitrogen and oxygen atoms in total. The van der Waals surface area contributed by atoms with E-state index in [4.69, 9.17) is 4.74 Å². The Morgan fingerprint density at radius 1 is 1.64 bits per heavy atom. The molecule has 75 valence electrons. The Balaban J connectivity index is 2.69. The lowest BCUT2D eigenvalue weighted by Crippen LogP contribution is -1.99. The highest BCUT2D eigenvalue weighted by Gasteiger charge is 2.13. The van der Waals surface area contributed by atoms with Crippen LogP contribution in [0.25, 0.3) is 0 Å². The van der Waals surface area contributed by atoms with Gasteiger partial charge in [-0.2, -0.15) is 0 Å². The van der Waals surface area contributed by atoms with E-state index in [-0.39, 0.29) is 11.4 Å². The van der Waals surface area contributed by atoms with Crippen molar-refractivity contribution in [2.24, 2.45) is 0 Å². The fourth-order valence-electron chi connectivity index (χ4n) is 0.991. The Morgan fingerprint density at radius 2 is 2.43 bits per heavy atom. The third-order valence-corrected chi connectivity index (χ3v) is 1.74. The van der Waals surface area contributed by atoms with Crippen LogP contribution in [-0.4, -0.2) is 11.5 Å². The zero-order chi connectivity index (χ0) is 10.4. The zero-order valence-electron chi connectivity index (χ0n) is 8.03. The van der Waals surface area contributed by atoms with Crippen molar-refractivity contribution in [2.45, 2.75) is 19.8 Å². The number of nitro groups is 1. The Morgan fingerprint density at radius 3 is 3.07 bits per heavy atom. The molecule has 0 aromatic heterocycles. The summed E-state index contributed by atoms with van der Waals surface area (Å²) in [5.41, 5.74) is -0.0244. The van der Waals surface area contributed by atoms with Crippen LogP contribution in [0.1, 0.15) is 19.8 Å². The lowest BCUT2D eigenvalue weighted by Gasteiger charge is -2.04. The van der Waals surface area contributed by atoms with Gasteiger partial charge in [0.15, 0.2) is 0 Å². The second-order valence-electron chi connectivity index (χ2n) is 2.84. The second kappa shape index (κ2) is 5.21. The van der Waals surface area contributed by atoms with E-state index in [1.165, 1.54) is 6.07 Å². The average molecular weight is 194 g/mol. The highest BCUT2D eigenvalue weighted by molar-refractivity contribution is 5.44. The van der Waals surface area contributed by atoms with E-state index in [9.17, 15) is 10.1 Å². The Bertz CT molecular complexity index is 312. The molecule has 0 unspecified atom stereocenters. The molecule has 1 radical (unpaired) electrons. The normalized spacial score (nSPS) is 9.79. The molecule has 0 bridgehead atoms. The molecule has 14 heavy (non-hydrogen) atoms. The van der Waals surface area contributed by atoms with Gasteiger partial charge in [-0.25, -0.2) is 0 Å². The first-order valence-electron chi connectivity index (χ1n) is 4.53. The van der Waals surface area contributed by atoms with Crippen molar-refractivity contribution in [2.75, 3.05) is 6.61 Å². The molecule has 0 atom stereocenters. The molecule has 4 heteroatoms. The van der Waals surface area contributed by atoms with Gasteiger partial charge in [-0.3, -0.25) is 10.1 Å². The predicted molar refractivity (Wildman–Crippen MR) is 52.3 cm³/mol. The minimum Gasteiger partial charge on any atom is -0.486 e. The maximum Gasteiger partial charge on any atom is 0.311 e. The van der Waals surface area contributed by atoms with Crippen molar-refractivity contribution in [3.8, 4) is 5.75 Å². The van der Waals surface area contributed by atoms with E-state index < -0.39 is 4.92 Å². The highest BCUT2D eigenvalue weighted by Crippen LogP contribution is 2.25.